The summed E-state index contributed by atoms with van der Waals surface area (Å²) in [4.78, 5) is 0. The van der Waals surface area contributed by atoms with Gasteiger partial charge >= 0.3 is 0 Å². The van der Waals surface area contributed by atoms with Crippen molar-refractivity contribution in [3.8, 4) is 11.5 Å². The van der Waals surface area contributed by atoms with Crippen molar-refractivity contribution in [2.24, 2.45) is 0 Å². The van der Waals surface area contributed by atoms with Crippen LogP contribution in [0, 0.1) is 0 Å². The van der Waals surface area contributed by atoms with Gasteiger partial charge in [-0.1, -0.05) is 27.7 Å². The van der Waals surface area contributed by atoms with Gasteiger partial charge in [-0.15, -0.1) is 0 Å². The maximum absolute atomic E-state index is 5.62. The summed E-state index contributed by atoms with van der Waals surface area (Å²) in [6.07, 6.45) is 0. The monoisotopic (exact) mass is 220 g/mol. The first-order valence-electron chi connectivity index (χ1n) is 6.03. The molecule has 2 heteroatoms. The third-order valence-electron chi connectivity index (χ3n) is 2.99. The minimum absolute atomic E-state index is 0.522. The highest BCUT2D eigenvalue weighted by molar-refractivity contribution is 5.50. The molecule has 2 nitrogen and oxygen atoms in total. The Morgan fingerprint density at radius 1 is 0.812 bits per heavy atom. The summed E-state index contributed by atoms with van der Waals surface area (Å²) in [5.41, 5.74) is 2.75. The van der Waals surface area contributed by atoms with Crippen LogP contribution < -0.4 is 9.47 Å². The predicted octanol–water partition coefficient (Wildman–Crippen LogP) is 3.70. The second-order valence-electron chi connectivity index (χ2n) is 4.93. The van der Waals surface area contributed by atoms with Crippen LogP contribution >= 0.6 is 0 Å². The normalized spacial score (nSPS) is 14.6. The molecule has 0 amide bonds. The molecular formula is C14H20O2. The first kappa shape index (κ1) is 11.3. The standard InChI is InChI=1S/C14H20O2/c1-9(2)11-7-13-14(16-6-5-15-13)8-12(11)10(3)4/h7-10H,5-6H2,1-4H3. The molecule has 88 valence electrons. The van der Waals surface area contributed by atoms with E-state index >= 15 is 0 Å². The molecule has 1 aliphatic heterocycles. The molecule has 1 aromatic carbocycles. The molecule has 0 aromatic heterocycles. The molecule has 0 saturated carbocycles. The Balaban J connectivity index is 2.50. The van der Waals surface area contributed by atoms with E-state index in [1.165, 1.54) is 11.1 Å². The van der Waals surface area contributed by atoms with Crippen LogP contribution in [0.25, 0.3) is 0 Å². The van der Waals surface area contributed by atoms with Crippen LogP contribution in [-0.2, 0) is 0 Å². The van der Waals surface area contributed by atoms with E-state index in [0.29, 0.717) is 25.0 Å². The molecule has 1 heterocycles. The van der Waals surface area contributed by atoms with Crippen LogP contribution in [0.3, 0.4) is 0 Å². The predicted molar refractivity (Wildman–Crippen MR) is 65.6 cm³/mol. The highest BCUT2D eigenvalue weighted by Crippen LogP contribution is 2.38. The summed E-state index contributed by atoms with van der Waals surface area (Å²) in [6, 6.07) is 4.29. The zero-order valence-corrected chi connectivity index (χ0v) is 10.5. The molecule has 1 aliphatic rings. The molecule has 0 aliphatic carbocycles. The van der Waals surface area contributed by atoms with E-state index in [0.717, 1.165) is 11.5 Å². The van der Waals surface area contributed by atoms with Gasteiger partial charge < -0.3 is 9.47 Å². The third kappa shape index (κ3) is 2.01. The van der Waals surface area contributed by atoms with Gasteiger partial charge in [-0.25, -0.2) is 0 Å². The van der Waals surface area contributed by atoms with Gasteiger partial charge in [-0.3, -0.25) is 0 Å². The van der Waals surface area contributed by atoms with Crippen molar-refractivity contribution < 1.29 is 9.47 Å². The number of hydrogen-bond acceptors (Lipinski definition) is 2. The van der Waals surface area contributed by atoms with Crippen LogP contribution in [0.2, 0.25) is 0 Å². The average molecular weight is 220 g/mol. The number of ether oxygens (including phenoxy) is 2. The molecular weight excluding hydrogens is 200 g/mol. The fourth-order valence-electron chi connectivity index (χ4n) is 2.12. The first-order chi connectivity index (χ1) is 7.59. The second kappa shape index (κ2) is 4.36. The summed E-state index contributed by atoms with van der Waals surface area (Å²) >= 11 is 0. The Morgan fingerprint density at radius 3 is 1.50 bits per heavy atom. The van der Waals surface area contributed by atoms with Gasteiger partial charge in [-0.05, 0) is 35.1 Å². The topological polar surface area (TPSA) is 18.5 Å². The van der Waals surface area contributed by atoms with Gasteiger partial charge in [0, 0.05) is 0 Å². The summed E-state index contributed by atoms with van der Waals surface area (Å²) in [7, 11) is 0. The SMILES string of the molecule is CC(C)c1cc2c(cc1C(C)C)OCCO2. The second-order valence-corrected chi connectivity index (χ2v) is 4.93. The Labute approximate surface area is 97.6 Å². The van der Waals surface area contributed by atoms with Crippen LogP contribution in [0.1, 0.15) is 50.7 Å². The van der Waals surface area contributed by atoms with Crippen molar-refractivity contribution in [2.45, 2.75) is 39.5 Å². The minimum atomic E-state index is 0.522. The maximum Gasteiger partial charge on any atom is 0.161 e. The van der Waals surface area contributed by atoms with Crippen molar-refractivity contribution >= 4 is 0 Å². The number of rotatable bonds is 2. The fourth-order valence-corrected chi connectivity index (χ4v) is 2.12. The number of hydrogen-bond donors (Lipinski definition) is 0. The van der Waals surface area contributed by atoms with E-state index in [1.54, 1.807) is 0 Å². The summed E-state index contributed by atoms with van der Waals surface area (Å²) in [5.74, 6) is 2.85. The fraction of sp³-hybridized carbons (Fsp3) is 0.571. The zero-order valence-electron chi connectivity index (χ0n) is 10.5. The van der Waals surface area contributed by atoms with Crippen molar-refractivity contribution in [1.29, 1.82) is 0 Å². The van der Waals surface area contributed by atoms with E-state index < -0.39 is 0 Å². The quantitative estimate of drug-likeness (QED) is 0.756. The van der Waals surface area contributed by atoms with Gasteiger partial charge in [0.1, 0.15) is 13.2 Å². The third-order valence-corrected chi connectivity index (χ3v) is 2.99. The number of benzene rings is 1. The van der Waals surface area contributed by atoms with Crippen molar-refractivity contribution in [3.05, 3.63) is 23.3 Å². The Morgan fingerprint density at radius 2 is 1.19 bits per heavy atom. The van der Waals surface area contributed by atoms with E-state index in [4.69, 9.17) is 9.47 Å². The molecule has 0 saturated heterocycles. The Kier molecular flexibility index (Phi) is 3.08. The van der Waals surface area contributed by atoms with Gasteiger partial charge in [-0.2, -0.15) is 0 Å². The largest absolute Gasteiger partial charge is 0.486 e. The Hall–Kier alpha value is -1.18. The maximum atomic E-state index is 5.62. The highest BCUT2D eigenvalue weighted by Gasteiger charge is 2.18. The smallest absolute Gasteiger partial charge is 0.161 e. The summed E-state index contributed by atoms with van der Waals surface area (Å²) in [6.45, 7) is 10.2. The molecule has 0 spiro atoms. The average Bonchev–Trinajstić information content (AvgIpc) is 2.27. The van der Waals surface area contributed by atoms with Crippen LogP contribution in [-0.4, -0.2) is 13.2 Å². The molecule has 1 aromatic rings. The molecule has 0 radical (unpaired) electrons. The van der Waals surface area contributed by atoms with E-state index in [1.807, 2.05) is 0 Å². The lowest BCUT2D eigenvalue weighted by molar-refractivity contribution is 0.171. The summed E-state index contributed by atoms with van der Waals surface area (Å²) in [5, 5.41) is 0. The van der Waals surface area contributed by atoms with Gasteiger partial charge in [0.05, 0.1) is 0 Å². The highest BCUT2D eigenvalue weighted by atomic mass is 16.6. The molecule has 2 rings (SSSR count). The van der Waals surface area contributed by atoms with Gasteiger partial charge in [0.2, 0.25) is 0 Å². The van der Waals surface area contributed by atoms with Crippen molar-refractivity contribution in [3.63, 3.8) is 0 Å². The molecule has 0 N–H and O–H groups in total. The Bertz CT molecular complexity index is 344. The molecule has 16 heavy (non-hydrogen) atoms. The summed E-state index contributed by atoms with van der Waals surface area (Å²) < 4.78 is 11.2. The van der Waals surface area contributed by atoms with Crippen molar-refractivity contribution in [1.82, 2.24) is 0 Å². The van der Waals surface area contributed by atoms with Crippen LogP contribution in [0.5, 0.6) is 11.5 Å². The molecule has 0 atom stereocenters. The molecule has 0 unspecified atom stereocenters. The van der Waals surface area contributed by atoms with Gasteiger partial charge in [0.25, 0.3) is 0 Å². The lowest BCUT2D eigenvalue weighted by Crippen LogP contribution is -2.16. The van der Waals surface area contributed by atoms with Crippen LogP contribution in [0.15, 0.2) is 12.1 Å². The molecule has 0 fully saturated rings. The lowest BCUT2D eigenvalue weighted by atomic mass is 9.90. The van der Waals surface area contributed by atoms with Gasteiger partial charge in [0.15, 0.2) is 11.5 Å². The van der Waals surface area contributed by atoms with E-state index in [9.17, 15) is 0 Å². The van der Waals surface area contributed by atoms with E-state index in [-0.39, 0.29) is 0 Å². The van der Waals surface area contributed by atoms with Crippen LogP contribution in [0.4, 0.5) is 0 Å². The number of fused-ring (bicyclic) bond motifs is 1. The first-order valence-corrected chi connectivity index (χ1v) is 6.03. The van der Waals surface area contributed by atoms with Crippen molar-refractivity contribution in [2.75, 3.05) is 13.2 Å². The lowest BCUT2D eigenvalue weighted by Gasteiger charge is -2.23. The minimum Gasteiger partial charge on any atom is -0.486 e. The molecule has 0 bridgehead atoms. The van der Waals surface area contributed by atoms with E-state index in [2.05, 4.69) is 39.8 Å². The zero-order chi connectivity index (χ0) is 11.7.